The summed E-state index contributed by atoms with van der Waals surface area (Å²) in [4.78, 5) is 23.5. The number of carbonyl (C=O) groups excluding carboxylic acids is 1. The molecule has 1 fully saturated rings. The van der Waals surface area contributed by atoms with Crippen molar-refractivity contribution in [3.05, 3.63) is 71.5 Å². The van der Waals surface area contributed by atoms with Crippen LogP contribution in [0.1, 0.15) is 54.6 Å². The molecule has 0 bridgehead atoms. The molecule has 1 amide bonds. The molecule has 0 saturated heterocycles. The summed E-state index contributed by atoms with van der Waals surface area (Å²) in [6.07, 6.45) is 2.35. The van der Waals surface area contributed by atoms with Gasteiger partial charge in [0.15, 0.2) is 0 Å². The van der Waals surface area contributed by atoms with E-state index < -0.39 is 12.1 Å². The number of amides is 1. The Kier molecular flexibility index (Phi) is 5.13. The lowest BCUT2D eigenvalue weighted by atomic mass is 9.80. The number of carboxylic acids is 1. The lowest BCUT2D eigenvalue weighted by Gasteiger charge is -2.31. The molecule has 5 rings (SSSR count). The largest absolute Gasteiger partial charge is 0.481 e. The van der Waals surface area contributed by atoms with Gasteiger partial charge in [-0.2, -0.15) is 0 Å². The molecule has 2 aliphatic rings. The van der Waals surface area contributed by atoms with Crippen LogP contribution >= 0.6 is 0 Å². The van der Waals surface area contributed by atoms with Crippen molar-refractivity contribution in [3.63, 3.8) is 0 Å². The molecule has 1 atom stereocenters. The van der Waals surface area contributed by atoms with Crippen molar-refractivity contribution in [3.8, 4) is 11.1 Å². The molecular formula is C24H24N4O4. The second-order valence-electron chi connectivity index (χ2n) is 8.48. The summed E-state index contributed by atoms with van der Waals surface area (Å²) >= 11 is 0. The average Bonchev–Trinajstić information content (AvgIpc) is 3.34. The third-order valence-electron chi connectivity index (χ3n) is 6.49. The maximum atomic E-state index is 12.5. The standard InChI is InChI=1S/C24H24N4O4/c1-14(22-12-28(27-26-22)16-10-15(11-16)23(29)30)25-24(31)32-13-21-19-8-4-2-6-17(19)18-7-3-5-9-20(18)21/h2-9,12,14-16,21H,10-11,13H2,1H3,(H,25,31)(H,29,30). The fraction of sp³-hybridized carbons (Fsp3) is 0.333. The highest BCUT2D eigenvalue weighted by atomic mass is 16.5. The summed E-state index contributed by atoms with van der Waals surface area (Å²) in [5.41, 5.74) is 5.30. The molecular weight excluding hydrogens is 408 g/mol. The number of ether oxygens (including phenoxy) is 1. The van der Waals surface area contributed by atoms with Crippen LogP contribution < -0.4 is 5.32 Å². The second-order valence-corrected chi connectivity index (χ2v) is 8.48. The number of fused-ring (bicyclic) bond motifs is 3. The van der Waals surface area contributed by atoms with Gasteiger partial charge in [-0.05, 0) is 42.0 Å². The molecule has 1 saturated carbocycles. The zero-order valence-corrected chi connectivity index (χ0v) is 17.6. The number of aromatic nitrogens is 3. The maximum Gasteiger partial charge on any atom is 0.407 e. The smallest absolute Gasteiger partial charge is 0.407 e. The molecule has 0 aliphatic heterocycles. The normalized spacial score (nSPS) is 20.0. The van der Waals surface area contributed by atoms with Gasteiger partial charge in [-0.1, -0.05) is 53.7 Å². The molecule has 0 spiro atoms. The Labute approximate surface area is 185 Å². The molecule has 164 valence electrons. The summed E-state index contributed by atoms with van der Waals surface area (Å²) in [7, 11) is 0. The number of alkyl carbamates (subject to hydrolysis) is 1. The molecule has 32 heavy (non-hydrogen) atoms. The molecule has 8 nitrogen and oxygen atoms in total. The Morgan fingerprint density at radius 3 is 2.38 bits per heavy atom. The minimum atomic E-state index is -0.771. The molecule has 8 heteroatoms. The minimum Gasteiger partial charge on any atom is -0.481 e. The van der Waals surface area contributed by atoms with Crippen LogP contribution in [0.3, 0.4) is 0 Å². The summed E-state index contributed by atoms with van der Waals surface area (Å²) in [6, 6.07) is 16.1. The van der Waals surface area contributed by atoms with E-state index in [0.29, 0.717) is 18.5 Å². The van der Waals surface area contributed by atoms with Gasteiger partial charge in [-0.25, -0.2) is 9.48 Å². The van der Waals surface area contributed by atoms with E-state index in [4.69, 9.17) is 9.84 Å². The van der Waals surface area contributed by atoms with Crippen molar-refractivity contribution in [2.45, 2.75) is 37.8 Å². The first kappa shape index (κ1) is 20.2. The van der Waals surface area contributed by atoms with Crippen molar-refractivity contribution in [2.75, 3.05) is 6.61 Å². The van der Waals surface area contributed by atoms with E-state index in [1.807, 2.05) is 31.2 Å². The Morgan fingerprint density at radius 2 is 1.75 bits per heavy atom. The van der Waals surface area contributed by atoms with Crippen molar-refractivity contribution in [1.29, 1.82) is 0 Å². The number of hydrogen-bond donors (Lipinski definition) is 2. The molecule has 1 heterocycles. The van der Waals surface area contributed by atoms with E-state index in [0.717, 1.165) is 11.1 Å². The van der Waals surface area contributed by atoms with E-state index in [1.54, 1.807) is 10.9 Å². The molecule has 2 N–H and O–H groups in total. The number of carboxylic acid groups (broad SMARTS) is 1. The average molecular weight is 432 g/mol. The van der Waals surface area contributed by atoms with Crippen LogP contribution in [0, 0.1) is 5.92 Å². The number of carbonyl (C=O) groups is 2. The van der Waals surface area contributed by atoms with Gasteiger partial charge in [0.2, 0.25) is 0 Å². The summed E-state index contributed by atoms with van der Waals surface area (Å²) < 4.78 is 7.27. The van der Waals surface area contributed by atoms with Crippen LogP contribution in [0.15, 0.2) is 54.7 Å². The SMILES string of the molecule is CC(NC(=O)OCC1c2ccccc2-c2ccccc21)c1cn(C2CC(C(=O)O)C2)nn1. The highest BCUT2D eigenvalue weighted by Gasteiger charge is 2.36. The zero-order valence-electron chi connectivity index (χ0n) is 17.6. The number of hydrogen-bond acceptors (Lipinski definition) is 5. The topological polar surface area (TPSA) is 106 Å². The monoisotopic (exact) mass is 432 g/mol. The fourth-order valence-corrected chi connectivity index (χ4v) is 4.56. The zero-order chi connectivity index (χ0) is 22.2. The van der Waals surface area contributed by atoms with Crippen molar-refractivity contribution in [2.24, 2.45) is 5.92 Å². The lowest BCUT2D eigenvalue weighted by molar-refractivity contribution is -0.146. The van der Waals surface area contributed by atoms with Crippen molar-refractivity contribution < 1.29 is 19.4 Å². The highest BCUT2D eigenvalue weighted by Crippen LogP contribution is 2.44. The van der Waals surface area contributed by atoms with E-state index in [2.05, 4.69) is 39.9 Å². The van der Waals surface area contributed by atoms with Crippen LogP contribution in [0.4, 0.5) is 4.79 Å². The van der Waals surface area contributed by atoms with Gasteiger partial charge in [0, 0.05) is 5.92 Å². The first-order valence-electron chi connectivity index (χ1n) is 10.8. The second kappa shape index (κ2) is 8.11. The predicted molar refractivity (Wildman–Crippen MR) is 116 cm³/mol. The predicted octanol–water partition coefficient (Wildman–Crippen LogP) is 3.91. The number of benzene rings is 2. The van der Waals surface area contributed by atoms with Gasteiger partial charge >= 0.3 is 12.1 Å². The highest BCUT2D eigenvalue weighted by molar-refractivity contribution is 5.79. The maximum absolute atomic E-state index is 12.5. The van der Waals surface area contributed by atoms with Crippen LogP contribution in [-0.2, 0) is 9.53 Å². The first-order valence-corrected chi connectivity index (χ1v) is 10.8. The molecule has 1 aromatic heterocycles. The number of aliphatic carboxylic acids is 1. The third kappa shape index (κ3) is 3.62. The van der Waals surface area contributed by atoms with Gasteiger partial charge in [-0.15, -0.1) is 5.10 Å². The van der Waals surface area contributed by atoms with E-state index in [9.17, 15) is 9.59 Å². The first-order chi connectivity index (χ1) is 15.5. The van der Waals surface area contributed by atoms with Gasteiger partial charge < -0.3 is 15.2 Å². The van der Waals surface area contributed by atoms with Crippen molar-refractivity contribution >= 4 is 12.1 Å². The van der Waals surface area contributed by atoms with Crippen LogP contribution in [0.2, 0.25) is 0 Å². The molecule has 1 unspecified atom stereocenters. The minimum absolute atomic E-state index is 0.00475. The quantitative estimate of drug-likeness (QED) is 0.612. The van der Waals surface area contributed by atoms with Gasteiger partial charge in [0.05, 0.1) is 24.2 Å². The number of rotatable bonds is 6. The molecule has 2 aliphatic carbocycles. The summed E-state index contributed by atoms with van der Waals surface area (Å²) in [5.74, 6) is -1.08. The Morgan fingerprint density at radius 1 is 1.12 bits per heavy atom. The van der Waals surface area contributed by atoms with E-state index in [-0.39, 0.29) is 30.5 Å². The van der Waals surface area contributed by atoms with E-state index >= 15 is 0 Å². The van der Waals surface area contributed by atoms with Gasteiger partial charge in [-0.3, -0.25) is 4.79 Å². The summed E-state index contributed by atoms with van der Waals surface area (Å²) in [6.45, 7) is 2.06. The number of nitrogens with zero attached hydrogens (tertiary/aromatic N) is 3. The van der Waals surface area contributed by atoms with Gasteiger partial charge in [0.25, 0.3) is 0 Å². The Bertz CT molecular complexity index is 1120. The number of nitrogens with one attached hydrogen (secondary N) is 1. The molecule has 2 aromatic carbocycles. The lowest BCUT2D eigenvalue weighted by Crippen LogP contribution is -2.32. The van der Waals surface area contributed by atoms with E-state index in [1.165, 1.54) is 11.1 Å². The van der Waals surface area contributed by atoms with Crippen LogP contribution in [0.5, 0.6) is 0 Å². The van der Waals surface area contributed by atoms with Crippen LogP contribution in [-0.4, -0.2) is 38.8 Å². The van der Waals surface area contributed by atoms with Crippen molar-refractivity contribution in [1.82, 2.24) is 20.3 Å². The fourth-order valence-electron chi connectivity index (χ4n) is 4.56. The molecule has 3 aromatic rings. The molecule has 0 radical (unpaired) electrons. The third-order valence-corrected chi connectivity index (χ3v) is 6.49. The summed E-state index contributed by atoms with van der Waals surface area (Å²) in [5, 5.41) is 20.1. The Hall–Kier alpha value is -3.68. The Balaban J connectivity index is 1.19. The van der Waals surface area contributed by atoms with Gasteiger partial charge in [0.1, 0.15) is 12.3 Å². The van der Waals surface area contributed by atoms with Crippen LogP contribution in [0.25, 0.3) is 11.1 Å².